The summed E-state index contributed by atoms with van der Waals surface area (Å²) in [5.74, 6) is -0.742. The van der Waals surface area contributed by atoms with Gasteiger partial charge in [0.25, 0.3) is 5.56 Å². The Morgan fingerprint density at radius 3 is 2.48 bits per heavy atom. The van der Waals surface area contributed by atoms with Crippen molar-refractivity contribution in [3.05, 3.63) is 99.3 Å². The van der Waals surface area contributed by atoms with E-state index in [1.807, 2.05) is 0 Å². The number of amides is 1. The molecule has 2 aromatic carbocycles. The number of nitrogens with one attached hydrogen (secondary N) is 1. The first-order chi connectivity index (χ1) is 14.0. The van der Waals surface area contributed by atoms with Gasteiger partial charge in [0.15, 0.2) is 0 Å². The van der Waals surface area contributed by atoms with Crippen molar-refractivity contribution in [1.29, 1.82) is 0 Å². The van der Waals surface area contributed by atoms with Crippen molar-refractivity contribution in [1.82, 2.24) is 9.13 Å². The Bertz CT molecular complexity index is 1310. The lowest BCUT2D eigenvalue weighted by atomic mass is 10.2. The van der Waals surface area contributed by atoms with Crippen molar-refractivity contribution in [2.75, 3.05) is 5.32 Å². The average molecular weight is 393 g/mol. The maximum Gasteiger partial charge on any atom is 0.332 e. The predicted octanol–water partition coefficient (Wildman–Crippen LogP) is 2.58. The van der Waals surface area contributed by atoms with Crippen molar-refractivity contribution < 1.29 is 13.6 Å². The minimum absolute atomic E-state index is 0.0127. The third kappa shape index (κ3) is 3.60. The molecule has 0 spiro atoms. The van der Waals surface area contributed by atoms with Gasteiger partial charge < -0.3 is 9.73 Å². The first kappa shape index (κ1) is 18.4. The monoisotopic (exact) mass is 393 g/mol. The summed E-state index contributed by atoms with van der Waals surface area (Å²) in [5.41, 5.74) is -0.804. The largest absolute Gasteiger partial charge is 0.467 e. The number of halogens is 1. The molecule has 1 amide bonds. The molecule has 0 unspecified atom stereocenters. The molecule has 2 heterocycles. The summed E-state index contributed by atoms with van der Waals surface area (Å²) in [6.07, 6.45) is 1.45. The molecule has 0 bridgehead atoms. The van der Waals surface area contributed by atoms with Gasteiger partial charge in [-0.1, -0.05) is 24.3 Å². The summed E-state index contributed by atoms with van der Waals surface area (Å²) in [5, 5.41) is 2.74. The van der Waals surface area contributed by atoms with E-state index < -0.39 is 23.0 Å². The summed E-state index contributed by atoms with van der Waals surface area (Å²) in [4.78, 5) is 38.3. The molecule has 4 aromatic rings. The summed E-state index contributed by atoms with van der Waals surface area (Å²) >= 11 is 0. The Morgan fingerprint density at radius 2 is 1.72 bits per heavy atom. The third-order valence-electron chi connectivity index (χ3n) is 4.48. The minimum Gasteiger partial charge on any atom is -0.467 e. The van der Waals surface area contributed by atoms with Crippen LogP contribution in [0.3, 0.4) is 0 Å². The Hall–Kier alpha value is -3.94. The van der Waals surface area contributed by atoms with E-state index in [4.69, 9.17) is 4.42 Å². The van der Waals surface area contributed by atoms with Crippen molar-refractivity contribution in [2.24, 2.45) is 0 Å². The quantitative estimate of drug-likeness (QED) is 0.565. The number of anilines is 1. The number of rotatable bonds is 5. The normalized spacial score (nSPS) is 10.9. The molecule has 0 aliphatic heterocycles. The van der Waals surface area contributed by atoms with Crippen molar-refractivity contribution in [2.45, 2.75) is 13.1 Å². The number of fused-ring (bicyclic) bond motifs is 1. The molecule has 7 nitrogen and oxygen atoms in total. The van der Waals surface area contributed by atoms with Crippen LogP contribution in [0.4, 0.5) is 10.1 Å². The van der Waals surface area contributed by atoms with E-state index in [1.54, 1.807) is 42.5 Å². The van der Waals surface area contributed by atoms with Crippen molar-refractivity contribution in [3.8, 4) is 0 Å². The molecule has 0 saturated heterocycles. The van der Waals surface area contributed by atoms with E-state index in [2.05, 4.69) is 5.32 Å². The fourth-order valence-electron chi connectivity index (χ4n) is 3.12. The van der Waals surface area contributed by atoms with Gasteiger partial charge in [-0.05, 0) is 36.4 Å². The number of benzene rings is 2. The van der Waals surface area contributed by atoms with E-state index >= 15 is 0 Å². The number of hydrogen-bond acceptors (Lipinski definition) is 4. The fourth-order valence-corrected chi connectivity index (χ4v) is 3.12. The maximum atomic E-state index is 13.8. The van der Waals surface area contributed by atoms with Gasteiger partial charge in [0.05, 0.1) is 29.4 Å². The molecular weight excluding hydrogens is 377 g/mol. The standard InChI is InChI=1S/C21H16FN3O4/c22-16-8-2-3-9-17(16)23-19(26)13-24-18-10-4-1-7-15(18)20(27)25(21(24)28)12-14-6-5-11-29-14/h1-11H,12-13H2,(H,23,26). The van der Waals surface area contributed by atoms with Gasteiger partial charge in [0.2, 0.25) is 5.91 Å². The maximum absolute atomic E-state index is 13.8. The smallest absolute Gasteiger partial charge is 0.332 e. The number of furan rings is 1. The summed E-state index contributed by atoms with van der Waals surface area (Å²) in [7, 11) is 0. The van der Waals surface area contributed by atoms with Crippen LogP contribution in [0.25, 0.3) is 10.9 Å². The van der Waals surface area contributed by atoms with Crippen LogP contribution in [0, 0.1) is 5.82 Å². The van der Waals surface area contributed by atoms with Gasteiger partial charge in [-0.15, -0.1) is 0 Å². The van der Waals surface area contributed by atoms with Gasteiger partial charge in [-0.25, -0.2) is 9.18 Å². The van der Waals surface area contributed by atoms with Gasteiger partial charge >= 0.3 is 5.69 Å². The molecule has 8 heteroatoms. The predicted molar refractivity (Wildman–Crippen MR) is 105 cm³/mol. The van der Waals surface area contributed by atoms with Gasteiger partial charge in [0.1, 0.15) is 18.1 Å². The van der Waals surface area contributed by atoms with Crippen LogP contribution in [0.2, 0.25) is 0 Å². The molecule has 0 atom stereocenters. The van der Waals surface area contributed by atoms with Crippen LogP contribution in [0.1, 0.15) is 5.76 Å². The minimum atomic E-state index is -0.659. The lowest BCUT2D eigenvalue weighted by Gasteiger charge is -2.14. The molecule has 0 aliphatic carbocycles. The Kier molecular flexibility index (Phi) is 4.82. The number of carbonyl (C=O) groups is 1. The van der Waals surface area contributed by atoms with E-state index in [0.29, 0.717) is 11.3 Å². The zero-order chi connectivity index (χ0) is 20.4. The molecule has 1 N–H and O–H groups in total. The number of carbonyl (C=O) groups excluding carboxylic acids is 1. The molecule has 2 aromatic heterocycles. The second-order valence-electron chi connectivity index (χ2n) is 6.38. The van der Waals surface area contributed by atoms with E-state index in [0.717, 1.165) is 4.57 Å². The molecule has 4 rings (SSSR count). The lowest BCUT2D eigenvalue weighted by molar-refractivity contribution is -0.116. The summed E-state index contributed by atoms with van der Waals surface area (Å²) in [6.45, 7) is -0.448. The zero-order valence-electron chi connectivity index (χ0n) is 15.2. The average Bonchev–Trinajstić information content (AvgIpc) is 3.23. The van der Waals surface area contributed by atoms with Crippen LogP contribution in [-0.2, 0) is 17.9 Å². The molecule has 0 fully saturated rings. The number of nitrogens with zero attached hydrogens (tertiary/aromatic N) is 2. The van der Waals surface area contributed by atoms with Gasteiger partial charge in [-0.3, -0.25) is 18.7 Å². The highest BCUT2D eigenvalue weighted by Gasteiger charge is 2.16. The van der Waals surface area contributed by atoms with Gasteiger partial charge in [0, 0.05) is 0 Å². The second-order valence-corrected chi connectivity index (χ2v) is 6.38. The molecule has 29 heavy (non-hydrogen) atoms. The van der Waals surface area contributed by atoms with Crippen LogP contribution >= 0.6 is 0 Å². The van der Waals surface area contributed by atoms with Crippen molar-refractivity contribution >= 4 is 22.5 Å². The molecular formula is C21H16FN3O4. The van der Waals surface area contributed by atoms with Gasteiger partial charge in [-0.2, -0.15) is 0 Å². The SMILES string of the molecule is O=C(Cn1c(=O)n(Cc2ccco2)c(=O)c2ccccc21)Nc1ccccc1F. The third-order valence-corrected chi connectivity index (χ3v) is 4.48. The van der Waals surface area contributed by atoms with Crippen LogP contribution < -0.4 is 16.6 Å². The highest BCUT2D eigenvalue weighted by Crippen LogP contribution is 2.13. The zero-order valence-corrected chi connectivity index (χ0v) is 15.2. The lowest BCUT2D eigenvalue weighted by Crippen LogP contribution is -2.42. The van der Waals surface area contributed by atoms with Crippen molar-refractivity contribution in [3.63, 3.8) is 0 Å². The van der Waals surface area contributed by atoms with E-state index in [1.165, 1.54) is 29.0 Å². The topological polar surface area (TPSA) is 86.2 Å². The summed E-state index contributed by atoms with van der Waals surface area (Å²) in [6, 6.07) is 15.6. The first-order valence-corrected chi connectivity index (χ1v) is 8.84. The second kappa shape index (κ2) is 7.59. The fraction of sp³-hybridized carbons (Fsp3) is 0.0952. The Morgan fingerprint density at radius 1 is 0.966 bits per heavy atom. The van der Waals surface area contributed by atoms with Crippen LogP contribution in [0.5, 0.6) is 0 Å². The Labute approximate surface area is 163 Å². The first-order valence-electron chi connectivity index (χ1n) is 8.84. The Balaban J connectivity index is 1.77. The highest BCUT2D eigenvalue weighted by atomic mass is 19.1. The number of para-hydroxylation sites is 2. The van der Waals surface area contributed by atoms with E-state index in [9.17, 15) is 18.8 Å². The highest BCUT2D eigenvalue weighted by molar-refractivity contribution is 5.91. The molecule has 146 valence electrons. The molecule has 0 radical (unpaired) electrons. The number of hydrogen-bond donors (Lipinski definition) is 1. The molecule has 0 saturated carbocycles. The number of aromatic nitrogens is 2. The van der Waals surface area contributed by atoms with Crippen LogP contribution in [0.15, 0.2) is 80.9 Å². The summed E-state index contributed by atoms with van der Waals surface area (Å²) < 4.78 is 21.3. The molecule has 0 aliphatic rings. The van der Waals surface area contributed by atoms with Crippen LogP contribution in [-0.4, -0.2) is 15.0 Å². The van der Waals surface area contributed by atoms with E-state index in [-0.39, 0.29) is 24.2 Å².